The highest BCUT2D eigenvalue weighted by Crippen LogP contribution is 2.29. The van der Waals surface area contributed by atoms with E-state index in [0.717, 1.165) is 23.9 Å². The second-order valence-electron chi connectivity index (χ2n) is 6.05. The number of carbonyl (C=O) groups excluding carboxylic acids is 1. The first-order valence-corrected chi connectivity index (χ1v) is 9.37. The van der Waals surface area contributed by atoms with Crippen LogP contribution in [0.15, 0.2) is 35.4 Å². The fourth-order valence-corrected chi connectivity index (χ4v) is 4.11. The molecule has 5 heteroatoms. The summed E-state index contributed by atoms with van der Waals surface area (Å²) >= 11 is 1.67. The first-order valence-electron chi connectivity index (χ1n) is 8.14. The average molecular weight is 332 g/mol. The van der Waals surface area contributed by atoms with Crippen molar-refractivity contribution in [1.82, 2.24) is 9.80 Å². The third kappa shape index (κ3) is 3.72. The zero-order valence-corrected chi connectivity index (χ0v) is 14.6. The van der Waals surface area contributed by atoms with Crippen molar-refractivity contribution in [3.63, 3.8) is 0 Å². The van der Waals surface area contributed by atoms with E-state index in [1.807, 2.05) is 18.2 Å². The molecule has 0 N–H and O–H groups in total. The third-order valence-corrected chi connectivity index (χ3v) is 5.53. The summed E-state index contributed by atoms with van der Waals surface area (Å²) in [5, 5.41) is 1.09. The van der Waals surface area contributed by atoms with Gasteiger partial charge in [0.15, 0.2) is 5.78 Å². The summed E-state index contributed by atoms with van der Waals surface area (Å²) in [5.74, 6) is 0.767. The monoisotopic (exact) mass is 332 g/mol. The Morgan fingerprint density at radius 1 is 1.26 bits per heavy atom. The highest BCUT2D eigenvalue weighted by Gasteiger charge is 2.30. The van der Waals surface area contributed by atoms with Crippen molar-refractivity contribution in [3.8, 4) is 5.75 Å². The van der Waals surface area contributed by atoms with E-state index in [-0.39, 0.29) is 5.78 Å². The fourth-order valence-electron chi connectivity index (χ4n) is 3.41. The number of allylic oxidation sites excluding steroid dienone is 1. The lowest BCUT2D eigenvalue weighted by Crippen LogP contribution is -2.37. The summed E-state index contributed by atoms with van der Waals surface area (Å²) in [6.07, 6.45) is 6.26. The molecule has 0 aromatic heterocycles. The summed E-state index contributed by atoms with van der Waals surface area (Å²) < 4.78 is 5.22. The van der Waals surface area contributed by atoms with Crippen molar-refractivity contribution in [2.24, 2.45) is 0 Å². The van der Waals surface area contributed by atoms with Gasteiger partial charge in [0, 0.05) is 43.9 Å². The maximum absolute atomic E-state index is 12.6. The van der Waals surface area contributed by atoms with Crippen molar-refractivity contribution in [1.29, 1.82) is 0 Å². The number of thioether (sulfide) groups is 1. The Labute approximate surface area is 142 Å². The first kappa shape index (κ1) is 16.4. The zero-order chi connectivity index (χ0) is 16.2. The lowest BCUT2D eigenvalue weighted by atomic mass is 10.1. The average Bonchev–Trinajstić information content (AvgIpc) is 2.93. The van der Waals surface area contributed by atoms with Crippen LogP contribution in [-0.4, -0.2) is 61.2 Å². The summed E-state index contributed by atoms with van der Waals surface area (Å²) in [5.41, 5.74) is 0.679. The number of carbonyl (C=O) groups is 1. The highest BCUT2D eigenvalue weighted by atomic mass is 32.2. The molecule has 4 nitrogen and oxygen atoms in total. The smallest absolute Gasteiger partial charge is 0.188 e. The predicted octanol–water partition coefficient (Wildman–Crippen LogP) is 2.86. The molecule has 0 radical (unpaired) electrons. The minimum absolute atomic E-state index is 0.0485. The molecule has 0 spiro atoms. The van der Waals surface area contributed by atoms with E-state index >= 15 is 0 Å². The van der Waals surface area contributed by atoms with Crippen LogP contribution < -0.4 is 4.74 Å². The largest absolute Gasteiger partial charge is 0.497 e. The van der Waals surface area contributed by atoms with Gasteiger partial charge in [-0.2, -0.15) is 0 Å². The molecule has 3 aliphatic heterocycles. The summed E-state index contributed by atoms with van der Waals surface area (Å²) in [4.78, 5) is 17.6. The third-order valence-electron chi connectivity index (χ3n) is 4.76. The summed E-state index contributed by atoms with van der Waals surface area (Å²) in [6.45, 7) is 4.49. The molecule has 3 aliphatic rings. The molecule has 0 atom stereocenters. The van der Waals surface area contributed by atoms with E-state index in [4.69, 9.17) is 4.74 Å². The Morgan fingerprint density at radius 3 is 2.74 bits per heavy atom. The minimum Gasteiger partial charge on any atom is -0.497 e. The van der Waals surface area contributed by atoms with Gasteiger partial charge in [0.1, 0.15) is 5.75 Å². The number of rotatable bonds is 5. The van der Waals surface area contributed by atoms with Crippen LogP contribution >= 0.6 is 11.8 Å². The Balaban J connectivity index is 1.81. The van der Waals surface area contributed by atoms with Crippen molar-refractivity contribution < 1.29 is 9.53 Å². The Hall–Kier alpha value is -1.46. The van der Waals surface area contributed by atoms with Gasteiger partial charge in [0.25, 0.3) is 0 Å². The normalized spacial score (nSPS) is 24.4. The summed E-state index contributed by atoms with van der Waals surface area (Å²) in [7, 11) is 1.62. The van der Waals surface area contributed by atoms with E-state index in [9.17, 15) is 4.79 Å². The molecule has 3 heterocycles. The molecule has 0 amide bonds. The van der Waals surface area contributed by atoms with Gasteiger partial charge in [-0.25, -0.2) is 0 Å². The van der Waals surface area contributed by atoms with Gasteiger partial charge in [-0.05, 0) is 31.2 Å². The molecule has 4 rings (SSSR count). The lowest BCUT2D eigenvalue weighted by molar-refractivity contribution is 0.104. The number of ether oxygens (including phenoxy) is 1. The maximum atomic E-state index is 12.6. The van der Waals surface area contributed by atoms with Crippen molar-refractivity contribution >= 4 is 17.5 Å². The van der Waals surface area contributed by atoms with Crippen molar-refractivity contribution in [3.05, 3.63) is 40.9 Å². The Morgan fingerprint density at radius 2 is 2.04 bits per heavy atom. The quantitative estimate of drug-likeness (QED) is 0.612. The molecule has 23 heavy (non-hydrogen) atoms. The molecule has 3 fully saturated rings. The van der Waals surface area contributed by atoms with Crippen LogP contribution in [0, 0.1) is 0 Å². The standard InChI is InChI=1S/C18H24N2O2S/c1-22-16-5-3-4-14(12-16)17(21)13-18(23-2)20-11-10-19-8-6-15(20)7-9-19/h3-5,12-13,15H,6-11H2,1-2H3/b18-13-. The molecule has 124 valence electrons. The second kappa shape index (κ2) is 7.41. The van der Waals surface area contributed by atoms with E-state index in [1.54, 1.807) is 31.0 Å². The van der Waals surface area contributed by atoms with Gasteiger partial charge in [-0.1, -0.05) is 12.1 Å². The number of benzene rings is 1. The molecule has 3 saturated heterocycles. The number of nitrogens with zero attached hydrogens (tertiary/aromatic N) is 2. The van der Waals surface area contributed by atoms with E-state index in [1.165, 1.54) is 25.9 Å². The van der Waals surface area contributed by atoms with E-state index < -0.39 is 0 Å². The van der Waals surface area contributed by atoms with Crippen molar-refractivity contribution in [2.75, 3.05) is 39.5 Å². The van der Waals surface area contributed by atoms with Gasteiger partial charge in [0.05, 0.1) is 12.1 Å². The number of piperidine rings is 1. The van der Waals surface area contributed by atoms with Gasteiger partial charge in [-0.15, -0.1) is 11.8 Å². The Bertz CT molecular complexity index is 594. The van der Waals surface area contributed by atoms with Crippen LogP contribution in [0.3, 0.4) is 0 Å². The van der Waals surface area contributed by atoms with Crippen LogP contribution in [0.25, 0.3) is 0 Å². The zero-order valence-electron chi connectivity index (χ0n) is 13.8. The number of fused-ring (bicyclic) bond motifs is 4. The predicted molar refractivity (Wildman–Crippen MR) is 95.1 cm³/mol. The van der Waals surface area contributed by atoms with Gasteiger partial charge >= 0.3 is 0 Å². The molecule has 0 unspecified atom stereocenters. The maximum Gasteiger partial charge on any atom is 0.188 e. The molecule has 1 aromatic carbocycles. The SMILES string of the molecule is COc1cccc(C(=O)/C=C(\SC)N2CCN3CCC2CC3)c1. The summed E-state index contributed by atoms with van der Waals surface area (Å²) in [6, 6.07) is 7.94. The number of hydrogen-bond donors (Lipinski definition) is 0. The number of ketones is 1. The van der Waals surface area contributed by atoms with Crippen LogP contribution in [-0.2, 0) is 0 Å². The Kier molecular flexibility index (Phi) is 5.28. The van der Waals surface area contributed by atoms with Gasteiger partial charge < -0.3 is 14.5 Å². The van der Waals surface area contributed by atoms with Crippen LogP contribution in [0.1, 0.15) is 23.2 Å². The van der Waals surface area contributed by atoms with Crippen LogP contribution in [0.2, 0.25) is 0 Å². The molecular formula is C18H24N2O2S. The number of hydrogen-bond acceptors (Lipinski definition) is 5. The van der Waals surface area contributed by atoms with E-state index in [2.05, 4.69) is 16.1 Å². The number of methoxy groups -OCH3 is 1. The fraction of sp³-hybridized carbons (Fsp3) is 0.500. The molecule has 0 aliphatic carbocycles. The van der Waals surface area contributed by atoms with Crippen LogP contribution in [0.4, 0.5) is 0 Å². The topological polar surface area (TPSA) is 32.8 Å². The van der Waals surface area contributed by atoms with Gasteiger partial charge in [0.2, 0.25) is 0 Å². The highest BCUT2D eigenvalue weighted by molar-refractivity contribution is 8.02. The lowest BCUT2D eigenvalue weighted by Gasteiger charge is -2.33. The molecule has 1 aromatic rings. The first-order chi connectivity index (χ1) is 11.2. The van der Waals surface area contributed by atoms with Gasteiger partial charge in [-0.3, -0.25) is 4.79 Å². The molecule has 0 saturated carbocycles. The molecule has 2 bridgehead atoms. The van der Waals surface area contributed by atoms with Crippen LogP contribution in [0.5, 0.6) is 5.75 Å². The molecular weight excluding hydrogens is 308 g/mol. The van der Waals surface area contributed by atoms with E-state index in [0.29, 0.717) is 11.6 Å². The minimum atomic E-state index is 0.0485. The second-order valence-corrected chi connectivity index (χ2v) is 6.88. The van der Waals surface area contributed by atoms with Crippen molar-refractivity contribution in [2.45, 2.75) is 18.9 Å².